The molecule has 0 fully saturated rings. The molecule has 1 aromatic carbocycles. The number of rotatable bonds is 1. The summed E-state index contributed by atoms with van der Waals surface area (Å²) in [4.78, 5) is 4.22. The molecule has 0 saturated carbocycles. The second-order valence-electron chi connectivity index (χ2n) is 2.69. The minimum absolute atomic E-state index is 0.844. The molecule has 0 aliphatic carbocycles. The van der Waals surface area contributed by atoms with Gasteiger partial charge in [0.2, 0.25) is 0 Å². The first-order chi connectivity index (χ1) is 5.83. The Kier molecular flexibility index (Phi) is 1.73. The monoisotopic (exact) mass is 178 g/mol. The first kappa shape index (κ1) is 7.55. The van der Waals surface area contributed by atoms with Crippen LogP contribution in [-0.4, -0.2) is 4.98 Å². The molecule has 0 spiro atoms. The van der Waals surface area contributed by atoms with Gasteiger partial charge in [-0.25, -0.2) is 4.98 Å². The molecule has 0 saturated heterocycles. The van der Waals surface area contributed by atoms with Crippen LogP contribution in [0.15, 0.2) is 17.6 Å². The van der Waals surface area contributed by atoms with E-state index in [0.29, 0.717) is 0 Å². The van der Waals surface area contributed by atoms with Crippen LogP contribution in [0.2, 0.25) is 0 Å². The lowest BCUT2D eigenvalue weighted by atomic mass is 10.1. The van der Waals surface area contributed by atoms with Gasteiger partial charge in [0.15, 0.2) is 0 Å². The highest BCUT2D eigenvalue weighted by atomic mass is 32.1. The zero-order chi connectivity index (χ0) is 8.55. The van der Waals surface area contributed by atoms with Gasteiger partial charge in [-0.2, -0.15) is 0 Å². The molecule has 1 heterocycles. The summed E-state index contributed by atoms with van der Waals surface area (Å²) in [5.41, 5.74) is 10.7. The van der Waals surface area contributed by atoms with Crippen molar-refractivity contribution >= 4 is 27.2 Å². The minimum atomic E-state index is 0.844. The highest BCUT2D eigenvalue weighted by Crippen LogP contribution is 2.26. The Hall–Kier alpha value is -1.09. The smallest absolute Gasteiger partial charge is 0.104 e. The molecule has 3 heteroatoms. The average Bonchev–Trinajstić information content (AvgIpc) is 2.53. The number of nitrogen functional groups attached to an aromatic ring is 1. The van der Waals surface area contributed by atoms with Gasteiger partial charge in [0.25, 0.3) is 0 Å². The van der Waals surface area contributed by atoms with Crippen LogP contribution in [0, 0.1) is 0 Å². The maximum Gasteiger partial charge on any atom is 0.104 e. The summed E-state index contributed by atoms with van der Waals surface area (Å²) >= 11 is 1.63. The number of benzene rings is 1. The van der Waals surface area contributed by atoms with Gasteiger partial charge in [0.05, 0.1) is 15.9 Å². The van der Waals surface area contributed by atoms with Crippen LogP contribution < -0.4 is 5.73 Å². The van der Waals surface area contributed by atoms with Crippen molar-refractivity contribution in [2.24, 2.45) is 0 Å². The first-order valence-corrected chi connectivity index (χ1v) is 4.81. The predicted octanol–water partition coefficient (Wildman–Crippen LogP) is 2.44. The highest BCUT2D eigenvalue weighted by molar-refractivity contribution is 7.16. The van der Waals surface area contributed by atoms with E-state index in [4.69, 9.17) is 5.73 Å². The second kappa shape index (κ2) is 2.75. The fraction of sp³-hybridized carbons (Fsp3) is 0.222. The standard InChI is InChI=1S/C9H10N2S/c1-2-6-3-4-7-9(8(6)10)11-5-12-7/h3-5H,2,10H2,1H3. The van der Waals surface area contributed by atoms with Gasteiger partial charge >= 0.3 is 0 Å². The lowest BCUT2D eigenvalue weighted by Gasteiger charge is -2.01. The van der Waals surface area contributed by atoms with Crippen molar-refractivity contribution in [3.8, 4) is 0 Å². The van der Waals surface area contributed by atoms with Crippen LogP contribution in [0.1, 0.15) is 12.5 Å². The Morgan fingerprint density at radius 2 is 2.33 bits per heavy atom. The zero-order valence-electron chi connectivity index (χ0n) is 6.87. The van der Waals surface area contributed by atoms with E-state index in [-0.39, 0.29) is 0 Å². The van der Waals surface area contributed by atoms with E-state index in [2.05, 4.69) is 24.0 Å². The molecule has 0 amide bonds. The van der Waals surface area contributed by atoms with Crippen molar-refractivity contribution in [1.29, 1.82) is 0 Å². The third-order valence-corrected chi connectivity index (χ3v) is 2.81. The normalized spacial score (nSPS) is 10.8. The van der Waals surface area contributed by atoms with E-state index in [9.17, 15) is 0 Å². The molecule has 0 unspecified atom stereocenters. The van der Waals surface area contributed by atoms with Crippen LogP contribution >= 0.6 is 11.3 Å². The number of hydrogen-bond donors (Lipinski definition) is 1. The Morgan fingerprint density at radius 3 is 3.08 bits per heavy atom. The number of nitrogens with two attached hydrogens (primary N) is 1. The predicted molar refractivity (Wildman–Crippen MR) is 53.4 cm³/mol. The number of nitrogens with zero attached hydrogens (tertiary/aromatic N) is 1. The summed E-state index contributed by atoms with van der Waals surface area (Å²) < 4.78 is 1.17. The maximum atomic E-state index is 5.92. The van der Waals surface area contributed by atoms with Gasteiger partial charge < -0.3 is 5.73 Å². The average molecular weight is 178 g/mol. The lowest BCUT2D eigenvalue weighted by molar-refractivity contribution is 1.15. The Bertz CT molecular complexity index is 406. The first-order valence-electron chi connectivity index (χ1n) is 3.93. The molecular formula is C9H10N2S. The fourth-order valence-electron chi connectivity index (χ4n) is 1.30. The van der Waals surface area contributed by atoms with E-state index in [1.807, 2.05) is 5.51 Å². The molecule has 2 nitrogen and oxygen atoms in total. The largest absolute Gasteiger partial charge is 0.397 e. The second-order valence-corrected chi connectivity index (χ2v) is 3.58. The molecule has 0 bridgehead atoms. The summed E-state index contributed by atoms with van der Waals surface area (Å²) in [6, 6.07) is 4.16. The van der Waals surface area contributed by atoms with Crippen LogP contribution in [0.5, 0.6) is 0 Å². The summed E-state index contributed by atoms with van der Waals surface area (Å²) in [5, 5.41) is 0. The molecule has 0 radical (unpaired) electrons. The maximum absolute atomic E-state index is 5.92. The molecule has 0 aliphatic rings. The van der Waals surface area contributed by atoms with E-state index in [1.54, 1.807) is 11.3 Å². The molecule has 0 atom stereocenters. The fourth-order valence-corrected chi connectivity index (χ4v) is 1.99. The molecule has 12 heavy (non-hydrogen) atoms. The van der Waals surface area contributed by atoms with E-state index in [1.165, 1.54) is 10.3 Å². The summed E-state index contributed by atoms with van der Waals surface area (Å²) in [7, 11) is 0. The number of anilines is 1. The molecular weight excluding hydrogens is 168 g/mol. The quantitative estimate of drug-likeness (QED) is 0.681. The SMILES string of the molecule is CCc1ccc2scnc2c1N. The molecule has 2 aromatic rings. The number of aromatic nitrogens is 1. The minimum Gasteiger partial charge on any atom is -0.397 e. The number of hydrogen-bond acceptors (Lipinski definition) is 3. The Balaban J connectivity index is 2.78. The van der Waals surface area contributed by atoms with E-state index in [0.717, 1.165) is 17.6 Å². The Labute approximate surface area is 75.0 Å². The molecule has 0 aliphatic heterocycles. The third kappa shape index (κ3) is 0.975. The van der Waals surface area contributed by atoms with E-state index < -0.39 is 0 Å². The van der Waals surface area contributed by atoms with Crippen LogP contribution in [0.25, 0.3) is 10.2 Å². The van der Waals surface area contributed by atoms with Gasteiger partial charge in [-0.05, 0) is 18.1 Å². The van der Waals surface area contributed by atoms with Gasteiger partial charge in [-0.3, -0.25) is 0 Å². The Morgan fingerprint density at radius 1 is 1.50 bits per heavy atom. The summed E-state index contributed by atoms with van der Waals surface area (Å²) in [5.74, 6) is 0. The van der Waals surface area contributed by atoms with Crippen molar-refractivity contribution in [1.82, 2.24) is 4.98 Å². The number of aryl methyl sites for hydroxylation is 1. The van der Waals surface area contributed by atoms with Gasteiger partial charge in [0, 0.05) is 0 Å². The van der Waals surface area contributed by atoms with Crippen molar-refractivity contribution in [3.05, 3.63) is 23.2 Å². The summed E-state index contributed by atoms with van der Waals surface area (Å²) in [6.07, 6.45) is 0.972. The topological polar surface area (TPSA) is 38.9 Å². The van der Waals surface area contributed by atoms with E-state index >= 15 is 0 Å². The third-order valence-electron chi connectivity index (χ3n) is 2.01. The molecule has 2 N–H and O–H groups in total. The van der Waals surface area contributed by atoms with Gasteiger partial charge in [-0.1, -0.05) is 13.0 Å². The summed E-state index contributed by atoms with van der Waals surface area (Å²) in [6.45, 7) is 2.10. The number of fused-ring (bicyclic) bond motifs is 1. The van der Waals surface area contributed by atoms with Gasteiger partial charge in [-0.15, -0.1) is 11.3 Å². The number of thiazole rings is 1. The van der Waals surface area contributed by atoms with Crippen molar-refractivity contribution in [2.75, 3.05) is 5.73 Å². The molecule has 1 aromatic heterocycles. The lowest BCUT2D eigenvalue weighted by Crippen LogP contribution is -1.93. The molecule has 2 rings (SSSR count). The van der Waals surface area contributed by atoms with Crippen molar-refractivity contribution in [3.63, 3.8) is 0 Å². The van der Waals surface area contributed by atoms with Crippen molar-refractivity contribution < 1.29 is 0 Å². The van der Waals surface area contributed by atoms with Crippen molar-refractivity contribution in [2.45, 2.75) is 13.3 Å². The van der Waals surface area contributed by atoms with Gasteiger partial charge in [0.1, 0.15) is 5.52 Å². The van der Waals surface area contributed by atoms with Crippen LogP contribution in [-0.2, 0) is 6.42 Å². The van der Waals surface area contributed by atoms with Crippen LogP contribution in [0.4, 0.5) is 5.69 Å². The zero-order valence-corrected chi connectivity index (χ0v) is 7.69. The molecule has 62 valence electrons. The van der Waals surface area contributed by atoms with Crippen LogP contribution in [0.3, 0.4) is 0 Å². The highest BCUT2D eigenvalue weighted by Gasteiger charge is 2.04.